The van der Waals surface area contributed by atoms with Gasteiger partial charge in [-0.05, 0) is 19.1 Å². The van der Waals surface area contributed by atoms with Gasteiger partial charge in [-0.2, -0.15) is 13.7 Å². The zero-order chi connectivity index (χ0) is 11.5. The summed E-state index contributed by atoms with van der Waals surface area (Å²) >= 11 is 0. The normalized spacial score (nSPS) is 10.1. The van der Waals surface area contributed by atoms with Gasteiger partial charge in [0.2, 0.25) is 6.19 Å². The summed E-state index contributed by atoms with van der Waals surface area (Å²) in [6.45, 7) is 1.83. The predicted octanol–water partition coefficient (Wildman–Crippen LogP) is 1.06. The molecule has 0 fully saturated rings. The van der Waals surface area contributed by atoms with Crippen LogP contribution in [0.2, 0.25) is 0 Å². The third kappa shape index (κ3) is 2.09. The summed E-state index contributed by atoms with van der Waals surface area (Å²) in [5.41, 5.74) is 0.929. The molecule has 0 heterocycles. The van der Waals surface area contributed by atoms with Gasteiger partial charge in [-0.1, -0.05) is 24.1 Å². The molecular formula is C10H8N2O2S. The molecule has 0 aliphatic heterocycles. The summed E-state index contributed by atoms with van der Waals surface area (Å²) in [7, 11) is -3.88. The summed E-state index contributed by atoms with van der Waals surface area (Å²) < 4.78 is 23.6. The molecule has 0 N–H and O–H groups in total. The quantitative estimate of drug-likeness (QED) is 0.425. The van der Waals surface area contributed by atoms with Gasteiger partial charge in [0.05, 0.1) is 4.90 Å². The fourth-order valence-corrected chi connectivity index (χ4v) is 1.90. The Labute approximate surface area is 88.8 Å². The highest BCUT2D eigenvalue weighted by atomic mass is 32.2. The standard InChI is InChI=1S/C10H8N2O2S/c1-3-12(8-11)15(13,14)10-6-4-9(2)5-7-10/h1,4-7H,2H3. The molecule has 0 bridgehead atoms. The van der Waals surface area contributed by atoms with Crippen LogP contribution in [0.4, 0.5) is 0 Å². The first-order valence-electron chi connectivity index (χ1n) is 4.00. The van der Waals surface area contributed by atoms with Gasteiger partial charge < -0.3 is 0 Å². The van der Waals surface area contributed by atoms with Crippen molar-refractivity contribution in [2.75, 3.05) is 0 Å². The van der Waals surface area contributed by atoms with E-state index in [1.54, 1.807) is 18.2 Å². The van der Waals surface area contributed by atoms with Gasteiger partial charge in [0.15, 0.2) is 0 Å². The molecule has 0 radical (unpaired) electrons. The van der Waals surface area contributed by atoms with Crippen LogP contribution in [0.3, 0.4) is 0 Å². The molecule has 0 unspecified atom stereocenters. The lowest BCUT2D eigenvalue weighted by atomic mass is 10.2. The molecular weight excluding hydrogens is 212 g/mol. The van der Waals surface area contributed by atoms with Gasteiger partial charge in [0, 0.05) is 6.04 Å². The van der Waals surface area contributed by atoms with E-state index in [9.17, 15) is 8.42 Å². The molecule has 0 aliphatic rings. The minimum absolute atomic E-state index is 0.00704. The third-order valence-electron chi connectivity index (χ3n) is 1.77. The van der Waals surface area contributed by atoms with Crippen molar-refractivity contribution < 1.29 is 8.42 Å². The highest BCUT2D eigenvalue weighted by Gasteiger charge is 2.21. The lowest BCUT2D eigenvalue weighted by Crippen LogP contribution is -2.21. The van der Waals surface area contributed by atoms with Crippen LogP contribution >= 0.6 is 0 Å². The SMILES string of the molecule is C#CN(C#N)S(=O)(=O)c1ccc(C)cc1. The van der Waals surface area contributed by atoms with Crippen molar-refractivity contribution in [3.8, 4) is 18.7 Å². The van der Waals surface area contributed by atoms with E-state index in [4.69, 9.17) is 11.7 Å². The number of hydrogen-bond donors (Lipinski definition) is 0. The lowest BCUT2D eigenvalue weighted by Gasteiger charge is -2.08. The van der Waals surface area contributed by atoms with Crippen LogP contribution in [-0.4, -0.2) is 12.7 Å². The molecule has 1 aromatic rings. The van der Waals surface area contributed by atoms with Gasteiger partial charge in [-0.15, -0.1) is 4.31 Å². The molecule has 0 aliphatic carbocycles. The molecule has 0 saturated carbocycles. The van der Waals surface area contributed by atoms with Gasteiger partial charge in [-0.3, -0.25) is 0 Å². The first kappa shape index (κ1) is 11.1. The van der Waals surface area contributed by atoms with Gasteiger partial charge in [0.1, 0.15) is 0 Å². The zero-order valence-electron chi connectivity index (χ0n) is 8.01. The third-order valence-corrected chi connectivity index (χ3v) is 3.30. The maximum atomic E-state index is 11.7. The van der Waals surface area contributed by atoms with Gasteiger partial charge in [-0.25, -0.2) is 0 Å². The Morgan fingerprint density at radius 1 is 1.33 bits per heavy atom. The highest BCUT2D eigenvalue weighted by molar-refractivity contribution is 7.89. The molecule has 0 aromatic heterocycles. The highest BCUT2D eigenvalue weighted by Crippen LogP contribution is 2.14. The van der Waals surface area contributed by atoms with E-state index in [-0.39, 0.29) is 9.20 Å². The Balaban J connectivity index is 3.26. The van der Waals surface area contributed by atoms with E-state index in [1.165, 1.54) is 18.3 Å². The zero-order valence-corrected chi connectivity index (χ0v) is 8.82. The molecule has 0 amide bonds. The van der Waals surface area contributed by atoms with Crippen LogP contribution in [0.1, 0.15) is 5.56 Å². The second-order valence-corrected chi connectivity index (χ2v) is 4.60. The molecule has 1 rings (SSSR count). The minimum atomic E-state index is -3.88. The van der Waals surface area contributed by atoms with E-state index in [0.717, 1.165) is 5.56 Å². The van der Waals surface area contributed by atoms with E-state index in [2.05, 4.69) is 0 Å². The topological polar surface area (TPSA) is 61.2 Å². The van der Waals surface area contributed by atoms with Crippen molar-refractivity contribution in [2.45, 2.75) is 11.8 Å². The maximum Gasteiger partial charge on any atom is 0.283 e. The van der Waals surface area contributed by atoms with E-state index < -0.39 is 10.0 Å². The van der Waals surface area contributed by atoms with Crippen LogP contribution in [0.15, 0.2) is 29.2 Å². The second kappa shape index (κ2) is 4.04. The van der Waals surface area contributed by atoms with Crippen LogP contribution in [0.25, 0.3) is 0 Å². The molecule has 0 saturated heterocycles. The Kier molecular flexibility index (Phi) is 2.99. The van der Waals surface area contributed by atoms with Gasteiger partial charge >= 0.3 is 0 Å². The average Bonchev–Trinajstić information content (AvgIpc) is 2.19. The molecule has 1 aromatic carbocycles. The van der Waals surface area contributed by atoms with Crippen LogP contribution in [-0.2, 0) is 10.0 Å². The van der Waals surface area contributed by atoms with E-state index in [1.807, 2.05) is 6.92 Å². The molecule has 0 atom stereocenters. The fraction of sp³-hybridized carbons (Fsp3) is 0.100. The number of hydrogen-bond acceptors (Lipinski definition) is 3. The Morgan fingerprint density at radius 2 is 1.87 bits per heavy atom. The van der Waals surface area contributed by atoms with Crippen molar-refractivity contribution in [1.82, 2.24) is 4.31 Å². The van der Waals surface area contributed by atoms with Gasteiger partial charge in [0.25, 0.3) is 10.0 Å². The van der Waals surface area contributed by atoms with Crippen LogP contribution in [0.5, 0.6) is 0 Å². The molecule has 76 valence electrons. The Bertz CT molecular complexity index is 518. The van der Waals surface area contributed by atoms with Crippen molar-refractivity contribution in [3.63, 3.8) is 0 Å². The number of nitriles is 1. The number of nitrogens with zero attached hydrogens (tertiary/aromatic N) is 2. The van der Waals surface area contributed by atoms with E-state index >= 15 is 0 Å². The molecule has 0 spiro atoms. The second-order valence-electron chi connectivity index (χ2n) is 2.81. The summed E-state index contributed by atoms with van der Waals surface area (Å²) in [6.07, 6.45) is 6.33. The number of sulfonamides is 1. The summed E-state index contributed by atoms with van der Waals surface area (Å²) in [5.74, 6) is 0. The number of rotatable bonds is 2. The van der Waals surface area contributed by atoms with Crippen molar-refractivity contribution in [2.24, 2.45) is 0 Å². The van der Waals surface area contributed by atoms with Crippen LogP contribution < -0.4 is 0 Å². The average molecular weight is 220 g/mol. The van der Waals surface area contributed by atoms with Crippen molar-refractivity contribution >= 4 is 10.0 Å². The molecule has 4 nitrogen and oxygen atoms in total. The fourth-order valence-electron chi connectivity index (χ4n) is 0.968. The van der Waals surface area contributed by atoms with E-state index in [0.29, 0.717) is 0 Å². The summed E-state index contributed by atoms with van der Waals surface area (Å²) in [5, 5.41) is 8.53. The summed E-state index contributed by atoms with van der Waals surface area (Å²) in [6, 6.07) is 7.88. The van der Waals surface area contributed by atoms with Crippen LogP contribution in [0, 0.1) is 30.8 Å². The van der Waals surface area contributed by atoms with Crippen molar-refractivity contribution in [3.05, 3.63) is 29.8 Å². The Hall–Kier alpha value is -1.98. The largest absolute Gasteiger partial charge is 0.283 e. The first-order chi connectivity index (χ1) is 7.02. The van der Waals surface area contributed by atoms with Crippen molar-refractivity contribution in [1.29, 1.82) is 5.26 Å². The maximum absolute atomic E-state index is 11.7. The first-order valence-corrected chi connectivity index (χ1v) is 5.44. The number of terminal acetylenes is 1. The minimum Gasteiger partial charge on any atom is -0.199 e. The predicted molar refractivity (Wildman–Crippen MR) is 54.6 cm³/mol. The smallest absolute Gasteiger partial charge is 0.199 e. The number of benzene rings is 1. The Morgan fingerprint density at radius 3 is 2.27 bits per heavy atom. The monoisotopic (exact) mass is 220 g/mol. The lowest BCUT2D eigenvalue weighted by molar-refractivity contribution is 0.562. The molecule has 5 heteroatoms. The number of aryl methyl sites for hydroxylation is 1. The molecule has 15 heavy (non-hydrogen) atoms. The summed E-state index contributed by atoms with van der Waals surface area (Å²) in [4.78, 5) is 0.00704.